The summed E-state index contributed by atoms with van der Waals surface area (Å²) in [5.41, 5.74) is 0.543. The molecule has 6 nitrogen and oxygen atoms in total. The first kappa shape index (κ1) is 16.6. The molecule has 0 radical (unpaired) electrons. The molecule has 0 bridgehead atoms. The zero-order valence-corrected chi connectivity index (χ0v) is 13.8. The first-order valence-corrected chi connectivity index (χ1v) is 9.78. The van der Waals surface area contributed by atoms with Gasteiger partial charge in [-0.1, -0.05) is 23.7 Å². The summed E-state index contributed by atoms with van der Waals surface area (Å²) in [5.74, 6) is 0. The van der Waals surface area contributed by atoms with E-state index in [9.17, 15) is 16.8 Å². The first-order chi connectivity index (χ1) is 10.2. The summed E-state index contributed by atoms with van der Waals surface area (Å²) in [5, 5.41) is 0.279. The minimum absolute atomic E-state index is 0.00790. The van der Waals surface area contributed by atoms with Crippen LogP contribution in [-0.4, -0.2) is 23.1 Å². The van der Waals surface area contributed by atoms with Crippen LogP contribution in [0, 0.1) is 0 Å². The summed E-state index contributed by atoms with van der Waals surface area (Å²) in [7, 11) is -7.22. The number of rotatable bonds is 5. The van der Waals surface area contributed by atoms with Gasteiger partial charge in [0, 0.05) is 5.69 Å². The number of sulfonamides is 2. The molecule has 2 aromatic rings. The highest BCUT2D eigenvalue weighted by Gasteiger charge is 2.15. The topological polar surface area (TPSA) is 92.3 Å². The van der Waals surface area contributed by atoms with Crippen molar-refractivity contribution in [2.75, 3.05) is 15.7 Å². The van der Waals surface area contributed by atoms with Gasteiger partial charge >= 0.3 is 0 Å². The maximum absolute atomic E-state index is 12.2. The Labute approximate surface area is 134 Å². The zero-order chi connectivity index (χ0) is 16.4. The maximum atomic E-state index is 12.2. The minimum Gasteiger partial charge on any atom is -0.284 e. The van der Waals surface area contributed by atoms with Crippen LogP contribution < -0.4 is 9.44 Å². The van der Waals surface area contributed by atoms with Crippen molar-refractivity contribution >= 4 is 43.0 Å². The van der Waals surface area contributed by atoms with Crippen molar-refractivity contribution in [2.24, 2.45) is 0 Å². The Balaban J connectivity index is 2.25. The quantitative estimate of drug-likeness (QED) is 0.856. The average molecular weight is 361 g/mol. The maximum Gasteiger partial charge on any atom is 0.261 e. The monoisotopic (exact) mass is 360 g/mol. The van der Waals surface area contributed by atoms with Gasteiger partial charge in [0.2, 0.25) is 10.0 Å². The summed E-state index contributed by atoms with van der Waals surface area (Å²) in [4.78, 5) is -0.00790. The number of hydrogen-bond acceptors (Lipinski definition) is 4. The van der Waals surface area contributed by atoms with Gasteiger partial charge in [0.05, 0.1) is 21.9 Å². The third-order valence-electron chi connectivity index (χ3n) is 2.59. The highest BCUT2D eigenvalue weighted by molar-refractivity contribution is 7.92. The molecule has 9 heteroatoms. The van der Waals surface area contributed by atoms with E-state index in [1.807, 2.05) is 0 Å². The fourth-order valence-electron chi connectivity index (χ4n) is 1.66. The van der Waals surface area contributed by atoms with Gasteiger partial charge < -0.3 is 0 Å². The standard InChI is InChI=1S/C13H13ClN2O4S2/c1-21(17,18)15-10-6-8-11(9-7-10)22(19,20)16-13-5-3-2-4-12(13)14/h2-9,15-16H,1H3. The minimum atomic E-state index is -3.81. The molecule has 0 unspecified atom stereocenters. The molecule has 0 amide bonds. The number of hydrogen-bond donors (Lipinski definition) is 2. The molecule has 0 saturated heterocycles. The van der Waals surface area contributed by atoms with Crippen LogP contribution in [0.5, 0.6) is 0 Å². The van der Waals surface area contributed by atoms with E-state index in [1.54, 1.807) is 24.3 Å². The average Bonchev–Trinajstić information content (AvgIpc) is 2.40. The third kappa shape index (κ3) is 4.36. The van der Waals surface area contributed by atoms with Gasteiger partial charge in [-0.15, -0.1) is 0 Å². The lowest BCUT2D eigenvalue weighted by Crippen LogP contribution is -2.14. The van der Waals surface area contributed by atoms with Gasteiger partial charge in [-0.05, 0) is 36.4 Å². The van der Waals surface area contributed by atoms with E-state index >= 15 is 0 Å². The Bertz CT molecular complexity index is 879. The zero-order valence-electron chi connectivity index (χ0n) is 11.4. The van der Waals surface area contributed by atoms with Crippen LogP contribution in [0.25, 0.3) is 0 Å². The molecular weight excluding hydrogens is 348 g/mol. The molecule has 2 N–H and O–H groups in total. The van der Waals surface area contributed by atoms with E-state index in [-0.39, 0.29) is 21.3 Å². The van der Waals surface area contributed by atoms with Crippen molar-refractivity contribution in [2.45, 2.75) is 4.90 Å². The molecule has 0 saturated carbocycles. The number of benzene rings is 2. The molecule has 118 valence electrons. The Morgan fingerprint density at radius 1 is 0.864 bits per heavy atom. The smallest absolute Gasteiger partial charge is 0.261 e. The summed E-state index contributed by atoms with van der Waals surface area (Å²) in [6.45, 7) is 0. The molecule has 0 spiro atoms. The molecule has 0 aliphatic heterocycles. The van der Waals surface area contributed by atoms with Crippen LogP contribution >= 0.6 is 11.6 Å². The number of nitrogens with one attached hydrogen (secondary N) is 2. The molecule has 0 aliphatic rings. The van der Waals surface area contributed by atoms with Crippen molar-refractivity contribution < 1.29 is 16.8 Å². The SMILES string of the molecule is CS(=O)(=O)Nc1ccc(S(=O)(=O)Nc2ccccc2Cl)cc1. The Hall–Kier alpha value is -1.77. The van der Waals surface area contributed by atoms with E-state index in [1.165, 1.54) is 24.3 Å². The van der Waals surface area contributed by atoms with Crippen molar-refractivity contribution in [3.05, 3.63) is 53.6 Å². The van der Waals surface area contributed by atoms with Crippen LogP contribution in [0.1, 0.15) is 0 Å². The second kappa shape index (κ2) is 6.15. The molecule has 22 heavy (non-hydrogen) atoms. The van der Waals surface area contributed by atoms with Gasteiger partial charge in [-0.2, -0.15) is 0 Å². The molecular formula is C13H13ClN2O4S2. The van der Waals surface area contributed by atoms with Gasteiger partial charge in [0.15, 0.2) is 0 Å². The Morgan fingerprint density at radius 2 is 1.45 bits per heavy atom. The van der Waals surface area contributed by atoms with E-state index in [4.69, 9.17) is 11.6 Å². The van der Waals surface area contributed by atoms with E-state index in [2.05, 4.69) is 9.44 Å². The predicted molar refractivity (Wildman–Crippen MR) is 87.2 cm³/mol. The summed E-state index contributed by atoms with van der Waals surface area (Å²) in [6.07, 6.45) is 1.01. The normalized spacial score (nSPS) is 11.9. The van der Waals surface area contributed by atoms with Crippen LogP contribution in [0.3, 0.4) is 0 Å². The van der Waals surface area contributed by atoms with Gasteiger partial charge in [-0.25, -0.2) is 16.8 Å². The fourth-order valence-corrected chi connectivity index (χ4v) is 3.55. The second-order valence-electron chi connectivity index (χ2n) is 4.48. The van der Waals surface area contributed by atoms with Crippen molar-refractivity contribution in [1.82, 2.24) is 0 Å². The Kier molecular flexibility index (Phi) is 4.64. The van der Waals surface area contributed by atoms with Gasteiger partial charge in [0.25, 0.3) is 10.0 Å². The van der Waals surface area contributed by atoms with Crippen LogP contribution in [0.2, 0.25) is 5.02 Å². The first-order valence-electron chi connectivity index (χ1n) is 6.02. The van der Waals surface area contributed by atoms with Crippen LogP contribution in [0.15, 0.2) is 53.4 Å². The lowest BCUT2D eigenvalue weighted by atomic mass is 10.3. The summed E-state index contributed by atoms with van der Waals surface area (Å²) < 4.78 is 51.3. The highest BCUT2D eigenvalue weighted by atomic mass is 35.5. The molecule has 2 aromatic carbocycles. The third-order valence-corrected chi connectivity index (χ3v) is 4.90. The van der Waals surface area contributed by atoms with Crippen LogP contribution in [-0.2, 0) is 20.0 Å². The fraction of sp³-hybridized carbons (Fsp3) is 0.0769. The molecule has 0 fully saturated rings. The van der Waals surface area contributed by atoms with Gasteiger partial charge in [0.1, 0.15) is 0 Å². The number of anilines is 2. The van der Waals surface area contributed by atoms with Crippen LogP contribution in [0.4, 0.5) is 11.4 Å². The summed E-state index contributed by atoms with van der Waals surface area (Å²) >= 11 is 5.91. The van der Waals surface area contributed by atoms with E-state index in [0.29, 0.717) is 0 Å². The van der Waals surface area contributed by atoms with E-state index < -0.39 is 20.0 Å². The number of para-hydroxylation sites is 1. The molecule has 0 aliphatic carbocycles. The number of halogens is 1. The molecule has 0 atom stereocenters. The van der Waals surface area contributed by atoms with Crippen molar-refractivity contribution in [3.63, 3.8) is 0 Å². The van der Waals surface area contributed by atoms with Crippen molar-refractivity contribution in [3.8, 4) is 0 Å². The van der Waals surface area contributed by atoms with Crippen molar-refractivity contribution in [1.29, 1.82) is 0 Å². The van der Waals surface area contributed by atoms with E-state index in [0.717, 1.165) is 6.26 Å². The second-order valence-corrected chi connectivity index (χ2v) is 8.32. The molecule has 0 heterocycles. The summed E-state index contributed by atoms with van der Waals surface area (Å²) in [6, 6.07) is 11.8. The predicted octanol–water partition coefficient (Wildman–Crippen LogP) is 2.51. The lowest BCUT2D eigenvalue weighted by molar-refractivity contribution is 0.601. The highest BCUT2D eigenvalue weighted by Crippen LogP contribution is 2.24. The largest absolute Gasteiger partial charge is 0.284 e. The molecule has 2 rings (SSSR count). The molecule has 0 aromatic heterocycles. The lowest BCUT2D eigenvalue weighted by Gasteiger charge is -2.10. The Morgan fingerprint density at radius 3 is 2.00 bits per heavy atom. The van der Waals surface area contributed by atoms with Gasteiger partial charge in [-0.3, -0.25) is 9.44 Å².